The van der Waals surface area contributed by atoms with Crippen LogP contribution in [0.5, 0.6) is 0 Å². The van der Waals surface area contributed by atoms with Gasteiger partial charge in [-0.25, -0.2) is 9.78 Å². The van der Waals surface area contributed by atoms with Crippen molar-refractivity contribution in [3.63, 3.8) is 0 Å². The fourth-order valence-corrected chi connectivity index (χ4v) is 1.60. The highest BCUT2D eigenvalue weighted by Crippen LogP contribution is 2.18. The molecule has 0 bridgehead atoms. The quantitative estimate of drug-likeness (QED) is 0.744. The Morgan fingerprint density at radius 1 is 1.38 bits per heavy atom. The molecule has 1 saturated carbocycles. The molecule has 2 rings (SSSR count). The van der Waals surface area contributed by atoms with Gasteiger partial charge in [0.1, 0.15) is 5.69 Å². The van der Waals surface area contributed by atoms with E-state index in [1.165, 1.54) is 24.2 Å². The molecule has 7 heteroatoms. The minimum atomic E-state index is -0.667. The fraction of sp³-hybridized carbons (Fsp3) is 0.429. The Morgan fingerprint density at radius 3 is 2.76 bits per heavy atom. The van der Waals surface area contributed by atoms with E-state index in [0.717, 1.165) is 12.8 Å². The molecule has 1 aromatic rings. The zero-order valence-electron chi connectivity index (χ0n) is 11.7. The van der Waals surface area contributed by atoms with Crippen LogP contribution in [-0.2, 0) is 14.3 Å². The first-order valence-electron chi connectivity index (χ1n) is 6.67. The van der Waals surface area contributed by atoms with Crippen molar-refractivity contribution >= 4 is 17.8 Å². The van der Waals surface area contributed by atoms with Crippen LogP contribution in [0.3, 0.4) is 0 Å². The minimum Gasteiger partial charge on any atom is -0.451 e. The summed E-state index contributed by atoms with van der Waals surface area (Å²) in [4.78, 5) is 40.0. The third-order valence-corrected chi connectivity index (χ3v) is 2.95. The van der Waals surface area contributed by atoms with Crippen LogP contribution >= 0.6 is 0 Å². The van der Waals surface area contributed by atoms with Gasteiger partial charge in [-0.05, 0) is 25.0 Å². The maximum Gasteiger partial charge on any atom is 0.357 e. The first kappa shape index (κ1) is 15.0. The van der Waals surface area contributed by atoms with Crippen LogP contribution in [0.2, 0.25) is 0 Å². The third-order valence-electron chi connectivity index (χ3n) is 2.95. The molecule has 0 atom stereocenters. The van der Waals surface area contributed by atoms with Crippen LogP contribution in [0.15, 0.2) is 24.4 Å². The molecule has 0 aliphatic heterocycles. The van der Waals surface area contributed by atoms with Crippen molar-refractivity contribution in [2.24, 2.45) is 0 Å². The summed E-state index contributed by atoms with van der Waals surface area (Å²) in [5, 5.41) is 2.78. The summed E-state index contributed by atoms with van der Waals surface area (Å²) in [6.07, 6.45) is 3.45. The van der Waals surface area contributed by atoms with Crippen LogP contribution in [0.1, 0.15) is 23.3 Å². The Kier molecular flexibility index (Phi) is 4.86. The lowest BCUT2D eigenvalue weighted by atomic mass is 10.3. The molecule has 1 aliphatic rings. The Labute approximate surface area is 122 Å². The minimum absolute atomic E-state index is 0.0452. The van der Waals surface area contributed by atoms with Gasteiger partial charge in [-0.15, -0.1) is 0 Å². The van der Waals surface area contributed by atoms with Gasteiger partial charge < -0.3 is 15.0 Å². The number of pyridine rings is 1. The molecule has 0 spiro atoms. The van der Waals surface area contributed by atoms with E-state index >= 15 is 0 Å². The molecule has 21 heavy (non-hydrogen) atoms. The summed E-state index contributed by atoms with van der Waals surface area (Å²) in [5.41, 5.74) is 0.138. The molecule has 1 aliphatic carbocycles. The zero-order chi connectivity index (χ0) is 15.2. The number of carbonyl (C=O) groups excluding carboxylic acids is 3. The van der Waals surface area contributed by atoms with Crippen molar-refractivity contribution in [2.75, 3.05) is 20.2 Å². The first-order valence-corrected chi connectivity index (χ1v) is 6.67. The summed E-state index contributed by atoms with van der Waals surface area (Å²) in [6.45, 7) is -0.459. The Morgan fingerprint density at radius 2 is 2.14 bits per heavy atom. The first-order chi connectivity index (χ1) is 10.1. The van der Waals surface area contributed by atoms with E-state index in [0.29, 0.717) is 0 Å². The summed E-state index contributed by atoms with van der Waals surface area (Å²) in [5.74, 6) is -1.31. The van der Waals surface area contributed by atoms with E-state index in [2.05, 4.69) is 10.3 Å². The molecule has 1 N–H and O–H groups in total. The predicted octanol–water partition coefficient (Wildman–Crippen LogP) is -0.0246. The summed E-state index contributed by atoms with van der Waals surface area (Å²) in [6, 6.07) is 5.08. The van der Waals surface area contributed by atoms with Gasteiger partial charge in [0.2, 0.25) is 5.91 Å². The molecule has 1 fully saturated rings. The average molecular weight is 291 g/mol. The van der Waals surface area contributed by atoms with Gasteiger partial charge in [-0.2, -0.15) is 0 Å². The van der Waals surface area contributed by atoms with Crippen molar-refractivity contribution in [3.8, 4) is 0 Å². The fourth-order valence-electron chi connectivity index (χ4n) is 1.60. The van der Waals surface area contributed by atoms with Crippen LogP contribution in [0, 0.1) is 0 Å². The maximum atomic E-state index is 11.8. The van der Waals surface area contributed by atoms with Gasteiger partial charge in [0, 0.05) is 19.3 Å². The molecule has 0 saturated heterocycles. The second-order valence-corrected chi connectivity index (χ2v) is 4.88. The van der Waals surface area contributed by atoms with Crippen molar-refractivity contribution in [2.45, 2.75) is 18.9 Å². The number of amides is 2. The molecule has 1 aromatic heterocycles. The van der Waals surface area contributed by atoms with Crippen molar-refractivity contribution in [1.82, 2.24) is 15.2 Å². The molecule has 112 valence electrons. The highest BCUT2D eigenvalue weighted by molar-refractivity contribution is 5.90. The van der Waals surface area contributed by atoms with Gasteiger partial charge in [-0.3, -0.25) is 9.59 Å². The Balaban J connectivity index is 1.72. The van der Waals surface area contributed by atoms with Crippen LogP contribution < -0.4 is 5.32 Å². The van der Waals surface area contributed by atoms with E-state index in [-0.39, 0.29) is 24.2 Å². The SMILES string of the molecule is CN(CC(=O)NC1CC1)C(=O)COC(=O)c1ccccn1. The smallest absolute Gasteiger partial charge is 0.357 e. The Hall–Kier alpha value is -2.44. The van der Waals surface area contributed by atoms with Gasteiger partial charge >= 0.3 is 5.97 Å². The van der Waals surface area contributed by atoms with Gasteiger partial charge in [0.25, 0.3) is 5.91 Å². The maximum absolute atomic E-state index is 11.8. The average Bonchev–Trinajstić information content (AvgIpc) is 3.28. The topological polar surface area (TPSA) is 88.6 Å². The molecule has 0 radical (unpaired) electrons. The number of likely N-dealkylation sites (N-methyl/N-ethyl adjacent to an activating group) is 1. The van der Waals surface area contributed by atoms with E-state index in [1.54, 1.807) is 12.1 Å². The molecule has 0 aromatic carbocycles. The molecule has 0 unspecified atom stereocenters. The molecule has 2 amide bonds. The van der Waals surface area contributed by atoms with E-state index in [9.17, 15) is 14.4 Å². The van der Waals surface area contributed by atoms with Crippen LogP contribution in [0.4, 0.5) is 0 Å². The lowest BCUT2D eigenvalue weighted by Gasteiger charge is -2.16. The van der Waals surface area contributed by atoms with Crippen LogP contribution in [0.25, 0.3) is 0 Å². The largest absolute Gasteiger partial charge is 0.451 e. The lowest BCUT2D eigenvalue weighted by Crippen LogP contribution is -2.40. The normalized spacial score (nSPS) is 13.4. The van der Waals surface area contributed by atoms with Crippen molar-refractivity contribution in [1.29, 1.82) is 0 Å². The van der Waals surface area contributed by atoms with E-state index < -0.39 is 18.5 Å². The monoisotopic (exact) mass is 291 g/mol. The summed E-state index contributed by atoms with van der Waals surface area (Å²) in [7, 11) is 1.49. The number of hydrogen-bond acceptors (Lipinski definition) is 5. The van der Waals surface area contributed by atoms with Gasteiger partial charge in [-0.1, -0.05) is 6.07 Å². The van der Waals surface area contributed by atoms with Crippen molar-refractivity contribution < 1.29 is 19.1 Å². The number of rotatable bonds is 6. The van der Waals surface area contributed by atoms with Crippen molar-refractivity contribution in [3.05, 3.63) is 30.1 Å². The predicted molar refractivity (Wildman–Crippen MR) is 73.3 cm³/mol. The molecular formula is C14H17N3O4. The number of aromatic nitrogens is 1. The summed E-state index contributed by atoms with van der Waals surface area (Å²) < 4.78 is 4.86. The molecule has 7 nitrogen and oxygen atoms in total. The standard InChI is InChI=1S/C14H17N3O4/c1-17(8-12(18)16-10-5-6-10)13(19)9-21-14(20)11-4-2-3-7-15-11/h2-4,7,10H,5-6,8-9H2,1H3,(H,16,18). The Bertz CT molecular complexity index is 528. The zero-order valence-corrected chi connectivity index (χ0v) is 11.7. The second-order valence-electron chi connectivity index (χ2n) is 4.88. The number of hydrogen-bond donors (Lipinski definition) is 1. The number of ether oxygens (including phenoxy) is 1. The third kappa shape index (κ3) is 4.87. The number of nitrogens with one attached hydrogen (secondary N) is 1. The number of esters is 1. The van der Waals surface area contributed by atoms with E-state index in [4.69, 9.17) is 4.74 Å². The summed E-state index contributed by atoms with van der Waals surface area (Å²) >= 11 is 0. The van der Waals surface area contributed by atoms with Gasteiger partial charge in [0.15, 0.2) is 6.61 Å². The highest BCUT2D eigenvalue weighted by Gasteiger charge is 2.24. The van der Waals surface area contributed by atoms with Crippen LogP contribution in [-0.4, -0.2) is 53.9 Å². The van der Waals surface area contributed by atoms with Gasteiger partial charge in [0.05, 0.1) is 6.54 Å². The van der Waals surface area contributed by atoms with E-state index in [1.807, 2.05) is 0 Å². The lowest BCUT2D eigenvalue weighted by molar-refractivity contribution is -0.137. The highest BCUT2D eigenvalue weighted by atomic mass is 16.5. The number of nitrogens with zero attached hydrogens (tertiary/aromatic N) is 2. The second kappa shape index (κ2) is 6.83. The number of carbonyl (C=O) groups is 3. The molecular weight excluding hydrogens is 274 g/mol. The molecule has 1 heterocycles.